The topological polar surface area (TPSA) is 131 Å². The van der Waals surface area contributed by atoms with Crippen LogP contribution in [-0.4, -0.2) is 42.7 Å². The van der Waals surface area contributed by atoms with Crippen LogP contribution in [0.1, 0.15) is 51.0 Å². The van der Waals surface area contributed by atoms with Gasteiger partial charge in [-0.2, -0.15) is 4.98 Å². The number of nitrogens with one attached hydrogen (secondary N) is 2. The van der Waals surface area contributed by atoms with E-state index in [0.717, 1.165) is 19.3 Å². The van der Waals surface area contributed by atoms with Crippen LogP contribution in [-0.2, 0) is 4.79 Å². The molecule has 2 fully saturated rings. The molecule has 2 atom stereocenters. The van der Waals surface area contributed by atoms with Crippen LogP contribution in [0.4, 0.5) is 22.0 Å². The summed E-state index contributed by atoms with van der Waals surface area (Å²) in [5.74, 6) is -0.126. The maximum Gasteiger partial charge on any atom is 0.225 e. The number of hydrogen-bond acceptors (Lipinski definition) is 7. The fourth-order valence-electron chi connectivity index (χ4n) is 5.02. The molecule has 180 valence electrons. The summed E-state index contributed by atoms with van der Waals surface area (Å²) in [5, 5.41) is 16.7. The quantitative estimate of drug-likeness (QED) is 0.414. The molecule has 5 rings (SSSR count). The van der Waals surface area contributed by atoms with Gasteiger partial charge in [-0.15, -0.1) is 0 Å². The molecule has 2 saturated carbocycles. The average molecular weight is 488 g/mol. The van der Waals surface area contributed by atoms with Gasteiger partial charge >= 0.3 is 0 Å². The van der Waals surface area contributed by atoms with Gasteiger partial charge in [-0.3, -0.25) is 9.36 Å². The molecule has 1 aromatic carbocycles. The summed E-state index contributed by atoms with van der Waals surface area (Å²) in [7, 11) is 0. The lowest BCUT2D eigenvalue weighted by Gasteiger charge is -2.29. The number of imidazole rings is 1. The molecule has 1 amide bonds. The standard InChI is InChI=1S/C23H27ClFN7O2/c24-14-3-1-4-15(25)19(14)30-23-29-17-11-27-22(28-16-5-2-6-18(16)33)31-21(17)32(23)13-9-7-12(8-10-13)20(26)34/h1,3-4,11-13,16,18,33H,2,5-10H2,(H2,26,34)(H,29,30)(H,27,28,31)/t12-,13+,16-,18-/m1/s1. The first-order chi connectivity index (χ1) is 16.4. The first-order valence-corrected chi connectivity index (χ1v) is 12.0. The van der Waals surface area contributed by atoms with Gasteiger partial charge in [-0.1, -0.05) is 17.7 Å². The highest BCUT2D eigenvalue weighted by atomic mass is 35.5. The highest BCUT2D eigenvalue weighted by molar-refractivity contribution is 6.33. The summed E-state index contributed by atoms with van der Waals surface area (Å²) < 4.78 is 16.5. The first kappa shape index (κ1) is 22.8. The normalized spacial score (nSPS) is 24.9. The van der Waals surface area contributed by atoms with Crippen molar-refractivity contribution in [3.05, 3.63) is 35.2 Å². The highest BCUT2D eigenvalue weighted by Crippen LogP contribution is 2.38. The average Bonchev–Trinajstić information content (AvgIpc) is 3.39. The van der Waals surface area contributed by atoms with Gasteiger partial charge in [-0.25, -0.2) is 14.4 Å². The summed E-state index contributed by atoms with van der Waals surface area (Å²) in [6, 6.07) is 4.35. The highest BCUT2D eigenvalue weighted by Gasteiger charge is 2.30. The van der Waals surface area contributed by atoms with E-state index in [9.17, 15) is 14.3 Å². The SMILES string of the molecule is NC(=O)[C@H]1CC[C@@H](n2c(Nc3c(F)cccc3Cl)nc3cnc(N[C@@H]4CCC[C@H]4O)nc32)CC1. The van der Waals surface area contributed by atoms with Crippen LogP contribution in [0.25, 0.3) is 11.2 Å². The molecular formula is C23H27ClFN7O2. The molecule has 9 nitrogen and oxygen atoms in total. The third-order valence-corrected chi connectivity index (χ3v) is 7.21. The Morgan fingerprint density at radius 2 is 1.97 bits per heavy atom. The lowest BCUT2D eigenvalue weighted by molar-refractivity contribution is -0.122. The lowest BCUT2D eigenvalue weighted by Crippen LogP contribution is -2.29. The van der Waals surface area contributed by atoms with Gasteiger partial charge in [0.2, 0.25) is 17.8 Å². The van der Waals surface area contributed by atoms with Crippen molar-refractivity contribution in [2.75, 3.05) is 10.6 Å². The number of fused-ring (bicyclic) bond motifs is 1. The molecule has 0 aliphatic heterocycles. The van der Waals surface area contributed by atoms with Crippen molar-refractivity contribution >= 4 is 46.3 Å². The van der Waals surface area contributed by atoms with Crippen molar-refractivity contribution in [3.8, 4) is 0 Å². The zero-order valence-electron chi connectivity index (χ0n) is 18.5. The smallest absolute Gasteiger partial charge is 0.225 e. The molecule has 2 aromatic heterocycles. The Bertz CT molecular complexity index is 1190. The molecule has 3 aromatic rings. The largest absolute Gasteiger partial charge is 0.391 e. The van der Waals surface area contributed by atoms with Gasteiger partial charge in [0.25, 0.3) is 0 Å². The molecular weight excluding hydrogens is 461 g/mol. The Morgan fingerprint density at radius 3 is 2.65 bits per heavy atom. The van der Waals surface area contributed by atoms with E-state index >= 15 is 0 Å². The third-order valence-electron chi connectivity index (χ3n) is 6.89. The van der Waals surface area contributed by atoms with Crippen molar-refractivity contribution in [1.29, 1.82) is 0 Å². The molecule has 0 spiro atoms. The number of nitrogens with zero attached hydrogens (tertiary/aromatic N) is 4. The van der Waals surface area contributed by atoms with Crippen LogP contribution in [0.2, 0.25) is 5.02 Å². The van der Waals surface area contributed by atoms with Crippen molar-refractivity contribution in [2.24, 2.45) is 11.7 Å². The Kier molecular flexibility index (Phi) is 6.26. The summed E-state index contributed by atoms with van der Waals surface area (Å²) in [4.78, 5) is 25.4. The summed E-state index contributed by atoms with van der Waals surface area (Å²) in [6.45, 7) is 0. The number of primary amides is 1. The van der Waals surface area contributed by atoms with Crippen LogP contribution in [0.5, 0.6) is 0 Å². The van der Waals surface area contributed by atoms with Crippen LogP contribution in [0.15, 0.2) is 24.4 Å². The van der Waals surface area contributed by atoms with E-state index in [1.54, 1.807) is 12.3 Å². The Labute approximate surface area is 200 Å². The number of benzene rings is 1. The fourth-order valence-corrected chi connectivity index (χ4v) is 5.23. The predicted molar refractivity (Wildman–Crippen MR) is 127 cm³/mol. The number of para-hydroxylation sites is 1. The number of aliphatic hydroxyl groups is 1. The second kappa shape index (κ2) is 9.34. The van der Waals surface area contributed by atoms with Gasteiger partial charge in [0, 0.05) is 12.0 Å². The lowest BCUT2D eigenvalue weighted by atomic mass is 9.85. The van der Waals surface area contributed by atoms with E-state index < -0.39 is 11.9 Å². The van der Waals surface area contributed by atoms with E-state index in [4.69, 9.17) is 22.3 Å². The third kappa shape index (κ3) is 4.39. The van der Waals surface area contributed by atoms with E-state index in [1.807, 2.05) is 4.57 Å². The van der Waals surface area contributed by atoms with Gasteiger partial charge < -0.3 is 21.5 Å². The molecule has 5 N–H and O–H groups in total. The van der Waals surface area contributed by atoms with Crippen molar-refractivity contribution < 1.29 is 14.3 Å². The number of hydrogen-bond donors (Lipinski definition) is 4. The van der Waals surface area contributed by atoms with Gasteiger partial charge in [0.05, 0.1) is 29.1 Å². The van der Waals surface area contributed by atoms with E-state index in [-0.39, 0.29) is 34.6 Å². The van der Waals surface area contributed by atoms with Crippen molar-refractivity contribution in [2.45, 2.75) is 63.1 Å². The Morgan fingerprint density at radius 1 is 1.18 bits per heavy atom. The van der Waals surface area contributed by atoms with Crippen molar-refractivity contribution in [3.63, 3.8) is 0 Å². The predicted octanol–water partition coefficient (Wildman–Crippen LogP) is 3.90. The number of amides is 1. The zero-order chi connectivity index (χ0) is 23.8. The summed E-state index contributed by atoms with van der Waals surface area (Å²) in [6.07, 6.45) is 6.43. The van der Waals surface area contributed by atoms with Crippen molar-refractivity contribution in [1.82, 2.24) is 19.5 Å². The monoisotopic (exact) mass is 487 g/mol. The first-order valence-electron chi connectivity index (χ1n) is 11.6. The number of nitrogens with two attached hydrogens (primary N) is 1. The zero-order valence-corrected chi connectivity index (χ0v) is 19.3. The summed E-state index contributed by atoms with van der Waals surface area (Å²) in [5.41, 5.74) is 6.78. The minimum absolute atomic E-state index is 0.0199. The molecule has 0 radical (unpaired) electrons. The number of aromatic nitrogens is 4. The maximum atomic E-state index is 14.5. The number of carbonyl (C=O) groups excluding carboxylic acids is 1. The number of rotatable bonds is 6. The molecule has 2 aliphatic carbocycles. The van der Waals surface area contributed by atoms with Gasteiger partial charge in [0.15, 0.2) is 5.65 Å². The van der Waals surface area contributed by atoms with E-state index in [2.05, 4.69) is 20.6 Å². The molecule has 2 heterocycles. The fraction of sp³-hybridized carbons (Fsp3) is 0.478. The number of halogens is 2. The van der Waals surface area contributed by atoms with E-state index in [0.29, 0.717) is 48.7 Å². The minimum Gasteiger partial charge on any atom is -0.391 e. The Hall–Kier alpha value is -2.98. The summed E-state index contributed by atoms with van der Waals surface area (Å²) >= 11 is 6.25. The molecule has 0 unspecified atom stereocenters. The second-order valence-corrected chi connectivity index (χ2v) is 9.49. The molecule has 0 saturated heterocycles. The van der Waals surface area contributed by atoms with Gasteiger partial charge in [0.1, 0.15) is 11.3 Å². The molecule has 11 heteroatoms. The van der Waals surface area contributed by atoms with Crippen LogP contribution in [0, 0.1) is 11.7 Å². The second-order valence-electron chi connectivity index (χ2n) is 9.09. The number of aliphatic hydroxyl groups excluding tert-OH is 1. The number of anilines is 3. The maximum absolute atomic E-state index is 14.5. The van der Waals surface area contributed by atoms with E-state index in [1.165, 1.54) is 12.1 Å². The molecule has 2 aliphatic rings. The van der Waals surface area contributed by atoms with Crippen LogP contribution < -0.4 is 16.4 Å². The number of carbonyl (C=O) groups is 1. The molecule has 34 heavy (non-hydrogen) atoms. The molecule has 0 bridgehead atoms. The van der Waals surface area contributed by atoms with Gasteiger partial charge in [-0.05, 0) is 57.1 Å². The van der Waals surface area contributed by atoms with Crippen LogP contribution >= 0.6 is 11.6 Å². The minimum atomic E-state index is -0.493. The Balaban J connectivity index is 1.53. The van der Waals surface area contributed by atoms with Crippen LogP contribution in [0.3, 0.4) is 0 Å².